The van der Waals surface area contributed by atoms with Crippen LogP contribution in [0.3, 0.4) is 0 Å². The van der Waals surface area contributed by atoms with Crippen LogP contribution in [0.1, 0.15) is 32.6 Å². The van der Waals surface area contributed by atoms with Crippen molar-refractivity contribution in [2.24, 2.45) is 0 Å². The minimum atomic E-state index is -5.08. The van der Waals surface area contributed by atoms with Gasteiger partial charge in [-0.3, -0.25) is 4.55 Å². The van der Waals surface area contributed by atoms with Crippen molar-refractivity contribution < 1.29 is 39.3 Å². The second-order valence-electron chi connectivity index (χ2n) is 3.02. The highest BCUT2D eigenvalue weighted by Crippen LogP contribution is 2.09. The molecule has 2 N–H and O–H groups in total. The smallest absolute Gasteiger partial charge is 0.367 e. The molecule has 17 heavy (non-hydrogen) atoms. The van der Waals surface area contributed by atoms with Crippen LogP contribution < -0.4 is 0 Å². The second kappa shape index (κ2) is 7.20. The molecule has 0 rings (SSSR count). The average Bonchev–Trinajstić information content (AvgIpc) is 2.14. The van der Waals surface area contributed by atoms with Crippen LogP contribution >= 0.6 is 0 Å². The normalized spacial score (nSPS) is 14.8. The zero-order chi connectivity index (χ0) is 13.5. The molecule has 9 nitrogen and oxygen atoms in total. The number of unbranched alkanes of at least 4 members (excludes halogenated alkanes) is 2. The van der Waals surface area contributed by atoms with Crippen molar-refractivity contribution >= 4 is 20.8 Å². The van der Waals surface area contributed by atoms with E-state index < -0.39 is 27.1 Å². The molecule has 0 amide bonds. The monoisotopic (exact) mass is 294 g/mol. The largest absolute Gasteiger partial charge is 0.430 e. The fourth-order valence-electron chi connectivity index (χ4n) is 0.838. The van der Waals surface area contributed by atoms with Gasteiger partial charge in [-0.25, -0.2) is 4.18 Å². The number of aliphatic hydroxyl groups excluding tert-OH is 1. The summed E-state index contributed by atoms with van der Waals surface area (Å²) >= 11 is 0. The Morgan fingerprint density at radius 3 is 2.18 bits per heavy atom. The minimum absolute atomic E-state index is 0.0301. The summed E-state index contributed by atoms with van der Waals surface area (Å²) in [6, 6.07) is 0. The van der Waals surface area contributed by atoms with Gasteiger partial charge >= 0.3 is 20.8 Å². The molecule has 0 aromatic heterocycles. The predicted molar refractivity (Wildman–Crippen MR) is 53.9 cm³/mol. The summed E-state index contributed by atoms with van der Waals surface area (Å²) in [7, 11) is -9.94. The van der Waals surface area contributed by atoms with Crippen molar-refractivity contribution in [3.05, 3.63) is 0 Å². The lowest BCUT2D eigenvalue weighted by Crippen LogP contribution is -2.21. The maximum Gasteiger partial charge on any atom is 0.430 e. The molecule has 0 aliphatic heterocycles. The third-order valence-corrected chi connectivity index (χ3v) is 2.50. The summed E-state index contributed by atoms with van der Waals surface area (Å²) in [6.07, 6.45) is 0.510. The zero-order valence-electron chi connectivity index (χ0n) is 8.97. The lowest BCUT2D eigenvalue weighted by molar-refractivity contribution is -0.126. The average molecular weight is 294 g/mol. The van der Waals surface area contributed by atoms with E-state index in [0.717, 1.165) is 12.8 Å². The van der Waals surface area contributed by atoms with Crippen molar-refractivity contribution in [1.29, 1.82) is 0 Å². The molecular formula is C6H14O9S2. The third kappa shape index (κ3) is 10.6. The Morgan fingerprint density at radius 1 is 1.12 bits per heavy atom. The van der Waals surface area contributed by atoms with Gasteiger partial charge < -0.3 is 5.11 Å². The topological polar surface area (TPSA) is 136 Å². The number of aliphatic hydroxyl groups is 1. The zero-order valence-corrected chi connectivity index (χ0v) is 10.6. The predicted octanol–water partition coefficient (Wildman–Crippen LogP) is -0.103. The first kappa shape index (κ1) is 16.7. The van der Waals surface area contributed by atoms with Crippen molar-refractivity contribution in [1.82, 2.24) is 0 Å². The Kier molecular flexibility index (Phi) is 7.08. The first-order chi connectivity index (χ1) is 7.66. The minimum Gasteiger partial charge on any atom is -0.367 e. The quantitative estimate of drug-likeness (QED) is 0.196. The van der Waals surface area contributed by atoms with E-state index in [2.05, 4.69) is 12.9 Å². The van der Waals surface area contributed by atoms with Gasteiger partial charge in [-0.15, -0.1) is 0 Å². The number of hydrogen-bond acceptors (Lipinski definition) is 8. The Hall–Kier alpha value is -0.300. The molecule has 0 radical (unpaired) electrons. The van der Waals surface area contributed by atoms with E-state index in [0.29, 0.717) is 6.42 Å². The standard InChI is InChI=1S/C6H14O9S2/c1-2-3-4-5-6(7)13-17(11,12)15-14-16(8,9)10/h6-7H,2-5H2,1H3,(H,8,9,10). The summed E-state index contributed by atoms with van der Waals surface area (Å²) < 4.78 is 60.1. The number of rotatable bonds is 9. The fraction of sp³-hybridized carbons (Fsp3) is 1.00. The van der Waals surface area contributed by atoms with Gasteiger partial charge in [-0.05, 0) is 12.8 Å². The molecule has 0 aliphatic carbocycles. The van der Waals surface area contributed by atoms with E-state index in [4.69, 9.17) is 9.66 Å². The molecule has 0 fully saturated rings. The van der Waals surface area contributed by atoms with Crippen molar-refractivity contribution in [2.45, 2.75) is 38.9 Å². The van der Waals surface area contributed by atoms with Crippen LogP contribution in [0, 0.1) is 0 Å². The molecule has 11 heteroatoms. The lowest BCUT2D eigenvalue weighted by Gasteiger charge is -2.09. The SMILES string of the molecule is CCCCCC(O)OS(=O)(=O)OOS(=O)(=O)O. The molecule has 0 aromatic rings. The highest BCUT2D eigenvalue weighted by molar-refractivity contribution is 7.83. The fourth-order valence-corrected chi connectivity index (χ4v) is 1.79. The van der Waals surface area contributed by atoms with Crippen LogP contribution in [0.4, 0.5) is 0 Å². The summed E-state index contributed by atoms with van der Waals surface area (Å²) in [5, 5.41) is 9.09. The van der Waals surface area contributed by atoms with Gasteiger partial charge in [0.25, 0.3) is 0 Å². The molecule has 0 aromatic carbocycles. The molecule has 1 unspecified atom stereocenters. The van der Waals surface area contributed by atoms with E-state index in [1.165, 1.54) is 0 Å². The second-order valence-corrected chi connectivity index (χ2v) is 5.16. The summed E-state index contributed by atoms with van der Waals surface area (Å²) in [5.41, 5.74) is 0. The van der Waals surface area contributed by atoms with Gasteiger partial charge in [0.2, 0.25) is 0 Å². The van der Waals surface area contributed by atoms with Gasteiger partial charge in [0.15, 0.2) is 6.29 Å². The molecule has 0 aliphatic rings. The molecule has 0 spiro atoms. The maximum atomic E-state index is 10.8. The lowest BCUT2D eigenvalue weighted by atomic mass is 10.2. The van der Waals surface area contributed by atoms with Crippen molar-refractivity contribution in [3.63, 3.8) is 0 Å². The Balaban J connectivity index is 4.08. The molecule has 0 heterocycles. The molecule has 1 atom stereocenters. The van der Waals surface area contributed by atoms with Gasteiger partial charge in [0.05, 0.1) is 0 Å². The Bertz CT molecular complexity index is 397. The molecule has 0 saturated heterocycles. The summed E-state index contributed by atoms with van der Waals surface area (Å²) in [4.78, 5) is 0. The molecule has 0 bridgehead atoms. The van der Waals surface area contributed by atoms with Crippen molar-refractivity contribution in [2.75, 3.05) is 0 Å². The number of hydrogen-bond donors (Lipinski definition) is 2. The van der Waals surface area contributed by atoms with E-state index in [9.17, 15) is 16.8 Å². The Labute approximate surface area is 99.5 Å². The first-order valence-corrected chi connectivity index (χ1v) is 7.32. The van der Waals surface area contributed by atoms with Crippen molar-refractivity contribution in [3.8, 4) is 0 Å². The van der Waals surface area contributed by atoms with E-state index in [1.54, 1.807) is 0 Å². The van der Waals surface area contributed by atoms with Crippen LogP contribution in [-0.2, 0) is 33.6 Å². The maximum absolute atomic E-state index is 10.8. The summed E-state index contributed by atoms with van der Waals surface area (Å²) in [5.74, 6) is 0. The van der Waals surface area contributed by atoms with Crippen LogP contribution in [0.5, 0.6) is 0 Å². The van der Waals surface area contributed by atoms with Crippen LogP contribution in [-0.4, -0.2) is 32.8 Å². The highest BCUT2D eigenvalue weighted by atomic mass is 32.3. The summed E-state index contributed by atoms with van der Waals surface area (Å²) in [6.45, 7) is 1.91. The van der Waals surface area contributed by atoms with Crippen LogP contribution in [0.15, 0.2) is 0 Å². The van der Waals surface area contributed by atoms with E-state index in [-0.39, 0.29) is 6.42 Å². The van der Waals surface area contributed by atoms with Crippen LogP contribution in [0.25, 0.3) is 0 Å². The molecular weight excluding hydrogens is 280 g/mol. The molecule has 0 saturated carbocycles. The Morgan fingerprint density at radius 2 is 1.71 bits per heavy atom. The molecule has 104 valence electrons. The van der Waals surface area contributed by atoms with Gasteiger partial charge in [0, 0.05) is 0 Å². The van der Waals surface area contributed by atoms with Crippen LogP contribution in [0.2, 0.25) is 0 Å². The van der Waals surface area contributed by atoms with E-state index >= 15 is 0 Å². The first-order valence-electron chi connectivity index (χ1n) is 4.63. The van der Waals surface area contributed by atoms with Gasteiger partial charge in [-0.2, -0.15) is 16.8 Å². The van der Waals surface area contributed by atoms with Gasteiger partial charge in [-0.1, -0.05) is 28.4 Å². The van der Waals surface area contributed by atoms with E-state index in [1.807, 2.05) is 6.92 Å². The van der Waals surface area contributed by atoms with Gasteiger partial charge in [0.1, 0.15) is 0 Å². The third-order valence-electron chi connectivity index (χ3n) is 1.48. The highest BCUT2D eigenvalue weighted by Gasteiger charge is 2.22.